The van der Waals surface area contributed by atoms with Crippen LogP contribution in [-0.2, 0) is 14.3 Å². The molecule has 0 aliphatic carbocycles. The third-order valence-electron chi connectivity index (χ3n) is 4.25. The van der Waals surface area contributed by atoms with Gasteiger partial charge in [0, 0.05) is 0 Å². The summed E-state index contributed by atoms with van der Waals surface area (Å²) in [5.74, 6) is -1.26. The Bertz CT molecular complexity index is 1080. The van der Waals surface area contributed by atoms with Crippen LogP contribution in [0.4, 0.5) is 5.69 Å². The van der Waals surface area contributed by atoms with Crippen molar-refractivity contribution >= 4 is 35.2 Å². The summed E-state index contributed by atoms with van der Waals surface area (Å²) in [6.45, 7) is 0. The molecule has 2 aromatic carbocycles. The third-order valence-corrected chi connectivity index (χ3v) is 4.25. The van der Waals surface area contributed by atoms with Gasteiger partial charge in [-0.1, -0.05) is 30.3 Å². The first-order chi connectivity index (χ1) is 14.5. The highest BCUT2D eigenvalue weighted by Gasteiger charge is 2.20. The van der Waals surface area contributed by atoms with E-state index in [2.05, 4.69) is 5.32 Å². The Balaban J connectivity index is 2.03. The molecule has 0 fully saturated rings. The van der Waals surface area contributed by atoms with Crippen LogP contribution in [0.5, 0.6) is 0 Å². The van der Waals surface area contributed by atoms with Crippen molar-refractivity contribution < 1.29 is 28.3 Å². The highest BCUT2D eigenvalue weighted by molar-refractivity contribution is 6.29. The van der Waals surface area contributed by atoms with Gasteiger partial charge in [0.05, 0.1) is 42.9 Å². The van der Waals surface area contributed by atoms with Gasteiger partial charge < -0.3 is 19.2 Å². The standard InChI is InChI=1S/C23H19NO6/c1-28-22(26)16-10-11-18(23(27)29-2)20(13-16)24-21(25)19(14-17-9-6-12-30-17)15-7-4-3-5-8-15/h3-14H,1-2H3,(H,24,25)/b19-14+. The van der Waals surface area contributed by atoms with Crippen molar-refractivity contribution in [2.45, 2.75) is 0 Å². The first-order valence-corrected chi connectivity index (χ1v) is 8.96. The number of nitrogens with one attached hydrogen (secondary N) is 1. The summed E-state index contributed by atoms with van der Waals surface area (Å²) >= 11 is 0. The highest BCUT2D eigenvalue weighted by atomic mass is 16.5. The van der Waals surface area contributed by atoms with Crippen LogP contribution in [0.1, 0.15) is 32.0 Å². The van der Waals surface area contributed by atoms with Gasteiger partial charge in [0.2, 0.25) is 0 Å². The second kappa shape index (κ2) is 9.38. The highest BCUT2D eigenvalue weighted by Crippen LogP contribution is 2.24. The van der Waals surface area contributed by atoms with Crippen molar-refractivity contribution in [2.24, 2.45) is 0 Å². The number of esters is 2. The summed E-state index contributed by atoms with van der Waals surface area (Å²) in [6.07, 6.45) is 3.09. The minimum atomic E-state index is -0.655. The molecule has 1 heterocycles. The summed E-state index contributed by atoms with van der Waals surface area (Å²) in [5, 5.41) is 2.70. The average Bonchev–Trinajstić information content (AvgIpc) is 3.30. The molecule has 0 saturated carbocycles. The Labute approximate surface area is 172 Å². The number of furan rings is 1. The fraction of sp³-hybridized carbons (Fsp3) is 0.0870. The van der Waals surface area contributed by atoms with Crippen molar-refractivity contribution in [1.82, 2.24) is 0 Å². The number of benzene rings is 2. The quantitative estimate of drug-likeness (QED) is 0.491. The predicted octanol–water partition coefficient (Wildman–Crippen LogP) is 4.03. The minimum Gasteiger partial charge on any atom is -0.465 e. The number of amides is 1. The number of carbonyl (C=O) groups excluding carboxylic acids is 3. The van der Waals surface area contributed by atoms with Crippen molar-refractivity contribution in [2.75, 3.05) is 19.5 Å². The van der Waals surface area contributed by atoms with E-state index in [1.165, 1.54) is 38.7 Å². The Hall–Kier alpha value is -4.13. The maximum Gasteiger partial charge on any atom is 0.339 e. The predicted molar refractivity (Wildman–Crippen MR) is 111 cm³/mol. The maximum absolute atomic E-state index is 13.2. The summed E-state index contributed by atoms with van der Waals surface area (Å²) in [7, 11) is 2.47. The van der Waals surface area contributed by atoms with E-state index in [1.807, 2.05) is 6.07 Å². The van der Waals surface area contributed by atoms with E-state index in [-0.39, 0.29) is 16.8 Å². The lowest BCUT2D eigenvalue weighted by atomic mass is 10.0. The molecule has 0 radical (unpaired) electrons. The molecular formula is C23H19NO6. The van der Waals surface area contributed by atoms with Gasteiger partial charge in [-0.2, -0.15) is 0 Å². The molecule has 1 aromatic heterocycles. The SMILES string of the molecule is COC(=O)c1ccc(C(=O)OC)c(NC(=O)/C(=C/c2ccco2)c2ccccc2)c1. The monoisotopic (exact) mass is 405 g/mol. The normalized spacial score (nSPS) is 10.9. The molecule has 1 N–H and O–H groups in total. The van der Waals surface area contributed by atoms with Gasteiger partial charge in [0.15, 0.2) is 0 Å². The van der Waals surface area contributed by atoms with Crippen LogP contribution in [0, 0.1) is 0 Å². The zero-order chi connectivity index (χ0) is 21.5. The van der Waals surface area contributed by atoms with Crippen molar-refractivity contribution in [3.8, 4) is 0 Å². The van der Waals surface area contributed by atoms with Crippen molar-refractivity contribution in [1.29, 1.82) is 0 Å². The lowest BCUT2D eigenvalue weighted by molar-refractivity contribution is -0.111. The van der Waals surface area contributed by atoms with E-state index in [1.54, 1.807) is 42.5 Å². The Morgan fingerprint density at radius 3 is 2.23 bits per heavy atom. The first kappa shape index (κ1) is 20.6. The maximum atomic E-state index is 13.2. The lowest BCUT2D eigenvalue weighted by Gasteiger charge is -2.13. The van der Waals surface area contributed by atoms with Gasteiger partial charge in [0.25, 0.3) is 5.91 Å². The molecule has 7 heteroatoms. The fourth-order valence-corrected chi connectivity index (χ4v) is 2.78. The molecule has 3 aromatic rings. The van der Waals surface area contributed by atoms with Gasteiger partial charge in [-0.25, -0.2) is 9.59 Å². The molecule has 0 spiro atoms. The second-order valence-electron chi connectivity index (χ2n) is 6.14. The van der Waals surface area contributed by atoms with Crippen LogP contribution in [0.3, 0.4) is 0 Å². The molecule has 152 valence electrons. The second-order valence-corrected chi connectivity index (χ2v) is 6.14. The van der Waals surface area contributed by atoms with E-state index in [9.17, 15) is 14.4 Å². The average molecular weight is 405 g/mol. The lowest BCUT2D eigenvalue weighted by Crippen LogP contribution is -2.17. The molecule has 0 atom stereocenters. The minimum absolute atomic E-state index is 0.101. The van der Waals surface area contributed by atoms with E-state index in [0.29, 0.717) is 16.9 Å². The summed E-state index contributed by atoms with van der Waals surface area (Å²) in [6, 6.07) is 16.6. The fourth-order valence-electron chi connectivity index (χ4n) is 2.78. The van der Waals surface area contributed by atoms with Crippen LogP contribution in [-0.4, -0.2) is 32.1 Å². The van der Waals surface area contributed by atoms with E-state index in [0.717, 1.165) is 0 Å². The molecule has 1 amide bonds. The van der Waals surface area contributed by atoms with Gasteiger partial charge >= 0.3 is 11.9 Å². The third kappa shape index (κ3) is 4.64. The van der Waals surface area contributed by atoms with E-state index in [4.69, 9.17) is 13.9 Å². The van der Waals surface area contributed by atoms with Crippen LogP contribution >= 0.6 is 0 Å². The van der Waals surface area contributed by atoms with Crippen LogP contribution in [0.2, 0.25) is 0 Å². The van der Waals surface area contributed by atoms with Crippen LogP contribution in [0.15, 0.2) is 71.3 Å². The molecule has 0 aliphatic rings. The molecule has 0 unspecified atom stereocenters. The molecule has 30 heavy (non-hydrogen) atoms. The van der Waals surface area contributed by atoms with Gasteiger partial charge in [-0.15, -0.1) is 0 Å². The Kier molecular flexibility index (Phi) is 6.44. The van der Waals surface area contributed by atoms with E-state index >= 15 is 0 Å². The summed E-state index contributed by atoms with van der Waals surface area (Å²) in [4.78, 5) is 37.2. The summed E-state index contributed by atoms with van der Waals surface area (Å²) < 4.78 is 14.8. The van der Waals surface area contributed by atoms with Gasteiger partial charge in [-0.05, 0) is 42.0 Å². The van der Waals surface area contributed by atoms with Crippen molar-refractivity contribution in [3.05, 3.63) is 89.4 Å². The number of hydrogen-bond donors (Lipinski definition) is 1. The first-order valence-electron chi connectivity index (χ1n) is 8.96. The number of carbonyl (C=O) groups is 3. The van der Waals surface area contributed by atoms with Gasteiger partial charge in [-0.3, -0.25) is 4.79 Å². The molecule has 0 aliphatic heterocycles. The molecular weight excluding hydrogens is 386 g/mol. The topological polar surface area (TPSA) is 94.8 Å². The zero-order valence-corrected chi connectivity index (χ0v) is 16.4. The number of ether oxygens (including phenoxy) is 2. The smallest absolute Gasteiger partial charge is 0.339 e. The number of methoxy groups -OCH3 is 2. The Morgan fingerprint density at radius 2 is 1.60 bits per heavy atom. The van der Waals surface area contributed by atoms with E-state index < -0.39 is 17.8 Å². The summed E-state index contributed by atoms with van der Waals surface area (Å²) in [5.41, 5.74) is 1.36. The number of hydrogen-bond acceptors (Lipinski definition) is 6. The largest absolute Gasteiger partial charge is 0.465 e. The number of anilines is 1. The molecule has 0 bridgehead atoms. The van der Waals surface area contributed by atoms with Crippen LogP contribution in [0.25, 0.3) is 11.6 Å². The molecule has 0 saturated heterocycles. The molecule has 3 rings (SSSR count). The van der Waals surface area contributed by atoms with Crippen molar-refractivity contribution in [3.63, 3.8) is 0 Å². The van der Waals surface area contributed by atoms with Gasteiger partial charge in [0.1, 0.15) is 5.76 Å². The van der Waals surface area contributed by atoms with Crippen LogP contribution < -0.4 is 5.32 Å². The number of rotatable bonds is 6. The Morgan fingerprint density at radius 1 is 0.867 bits per heavy atom. The zero-order valence-electron chi connectivity index (χ0n) is 16.4. The molecule has 7 nitrogen and oxygen atoms in total.